The van der Waals surface area contributed by atoms with Crippen molar-refractivity contribution >= 4 is 0 Å². The smallest absolute Gasteiger partial charge is 0.108 e. The number of rotatable bonds is 0. The number of nitrogens with zero attached hydrogens (tertiary/aromatic N) is 1. The van der Waals surface area contributed by atoms with Crippen LogP contribution in [0, 0.1) is 0 Å². The van der Waals surface area contributed by atoms with Gasteiger partial charge in [-0.15, -0.1) is 0 Å². The van der Waals surface area contributed by atoms with E-state index < -0.39 is 18.3 Å². The van der Waals surface area contributed by atoms with E-state index in [1.54, 1.807) is 0 Å². The van der Waals surface area contributed by atoms with Gasteiger partial charge in [-0.3, -0.25) is 4.90 Å². The molecule has 4 atom stereocenters. The minimum atomic E-state index is -0.954. The Morgan fingerprint density at radius 2 is 1.83 bits per heavy atom. The van der Waals surface area contributed by atoms with Crippen LogP contribution in [0.2, 0.25) is 0 Å². The largest absolute Gasteiger partial charge is 0.389 e. The minimum absolute atomic E-state index is 0.0726. The van der Waals surface area contributed by atoms with E-state index in [0.717, 1.165) is 19.4 Å². The third kappa shape index (κ3) is 1.15. The third-order valence-corrected chi connectivity index (χ3v) is 2.97. The first-order valence-electron chi connectivity index (χ1n) is 4.48. The molecule has 70 valence electrons. The van der Waals surface area contributed by atoms with Crippen molar-refractivity contribution in [1.29, 1.82) is 0 Å². The van der Waals surface area contributed by atoms with Crippen LogP contribution in [0.25, 0.3) is 0 Å². The average molecular weight is 173 g/mol. The number of hydrogen-bond donors (Lipinski definition) is 3. The normalized spacial score (nSPS) is 49.2. The van der Waals surface area contributed by atoms with Gasteiger partial charge in [0.1, 0.15) is 6.10 Å². The lowest BCUT2D eigenvalue weighted by molar-refractivity contribution is -0.127. The lowest BCUT2D eigenvalue weighted by Gasteiger charge is -2.39. The zero-order chi connectivity index (χ0) is 8.72. The van der Waals surface area contributed by atoms with Crippen molar-refractivity contribution in [2.24, 2.45) is 0 Å². The standard InChI is InChI=1S/C8H15NO3/c10-6-4-9-3-1-2-5(9)7(11)8(6)12/h5-8,10-12H,1-4H2/t5-,6+,7+,8-/m0/s1. The zero-order valence-corrected chi connectivity index (χ0v) is 6.93. The van der Waals surface area contributed by atoms with Crippen LogP contribution in [-0.2, 0) is 0 Å². The Bertz CT molecular complexity index is 176. The summed E-state index contributed by atoms with van der Waals surface area (Å²) in [6, 6.07) is 0.0726. The second-order valence-electron chi connectivity index (χ2n) is 3.75. The Morgan fingerprint density at radius 3 is 2.58 bits per heavy atom. The van der Waals surface area contributed by atoms with Gasteiger partial charge in [0, 0.05) is 12.6 Å². The van der Waals surface area contributed by atoms with Crippen molar-refractivity contribution in [3.63, 3.8) is 0 Å². The summed E-state index contributed by atoms with van der Waals surface area (Å²) in [6.07, 6.45) is -0.513. The summed E-state index contributed by atoms with van der Waals surface area (Å²) in [5.74, 6) is 0. The second-order valence-corrected chi connectivity index (χ2v) is 3.75. The molecule has 2 rings (SSSR count). The fourth-order valence-corrected chi connectivity index (χ4v) is 2.27. The molecule has 2 aliphatic rings. The molecule has 3 N–H and O–H groups in total. The van der Waals surface area contributed by atoms with Crippen LogP contribution in [-0.4, -0.2) is 57.7 Å². The molecule has 0 aromatic carbocycles. The van der Waals surface area contributed by atoms with Crippen LogP contribution < -0.4 is 0 Å². The Hall–Kier alpha value is -0.160. The monoisotopic (exact) mass is 173 g/mol. The Kier molecular flexibility index (Phi) is 2.08. The van der Waals surface area contributed by atoms with Crippen molar-refractivity contribution in [2.75, 3.05) is 13.1 Å². The van der Waals surface area contributed by atoms with Crippen molar-refractivity contribution in [3.05, 3.63) is 0 Å². The van der Waals surface area contributed by atoms with Crippen LogP contribution in [0.3, 0.4) is 0 Å². The van der Waals surface area contributed by atoms with Gasteiger partial charge in [0.2, 0.25) is 0 Å². The Balaban J connectivity index is 2.10. The van der Waals surface area contributed by atoms with Gasteiger partial charge < -0.3 is 15.3 Å². The molecular formula is C8H15NO3. The zero-order valence-electron chi connectivity index (χ0n) is 6.93. The van der Waals surface area contributed by atoms with Crippen LogP contribution in [0.5, 0.6) is 0 Å². The lowest BCUT2D eigenvalue weighted by Crippen LogP contribution is -2.58. The van der Waals surface area contributed by atoms with Crippen molar-refractivity contribution < 1.29 is 15.3 Å². The Labute approximate surface area is 71.4 Å². The summed E-state index contributed by atoms with van der Waals surface area (Å²) in [6.45, 7) is 1.44. The van der Waals surface area contributed by atoms with E-state index in [0.29, 0.717) is 6.54 Å². The molecule has 12 heavy (non-hydrogen) atoms. The summed E-state index contributed by atoms with van der Waals surface area (Å²) in [5.41, 5.74) is 0. The molecule has 0 aromatic rings. The van der Waals surface area contributed by atoms with Crippen molar-refractivity contribution in [1.82, 2.24) is 4.90 Å². The highest BCUT2D eigenvalue weighted by Gasteiger charge is 2.42. The third-order valence-electron chi connectivity index (χ3n) is 2.97. The van der Waals surface area contributed by atoms with Crippen LogP contribution in [0.4, 0.5) is 0 Å². The molecule has 2 aliphatic heterocycles. The molecule has 2 heterocycles. The summed E-state index contributed by atoms with van der Waals surface area (Å²) >= 11 is 0. The van der Waals surface area contributed by atoms with E-state index >= 15 is 0 Å². The average Bonchev–Trinajstić information content (AvgIpc) is 2.48. The van der Waals surface area contributed by atoms with E-state index in [2.05, 4.69) is 4.90 Å². The molecule has 2 saturated heterocycles. The van der Waals surface area contributed by atoms with Crippen LogP contribution >= 0.6 is 0 Å². The molecule has 0 amide bonds. The summed E-state index contributed by atoms with van der Waals surface area (Å²) in [7, 11) is 0. The summed E-state index contributed by atoms with van der Waals surface area (Å²) in [5, 5.41) is 28.3. The molecule has 0 unspecified atom stereocenters. The van der Waals surface area contributed by atoms with Gasteiger partial charge in [0.15, 0.2) is 0 Å². The maximum atomic E-state index is 9.57. The Morgan fingerprint density at radius 1 is 1.08 bits per heavy atom. The molecule has 2 fully saturated rings. The van der Waals surface area contributed by atoms with E-state index in [9.17, 15) is 15.3 Å². The molecule has 4 heteroatoms. The lowest BCUT2D eigenvalue weighted by atomic mass is 9.94. The maximum Gasteiger partial charge on any atom is 0.108 e. The number of aliphatic hydroxyl groups is 3. The van der Waals surface area contributed by atoms with Crippen molar-refractivity contribution in [3.8, 4) is 0 Å². The molecule has 0 radical (unpaired) electrons. The van der Waals surface area contributed by atoms with Gasteiger partial charge in [-0.2, -0.15) is 0 Å². The topological polar surface area (TPSA) is 63.9 Å². The molecule has 0 spiro atoms. The number of fused-ring (bicyclic) bond motifs is 1. The molecule has 0 aromatic heterocycles. The van der Waals surface area contributed by atoms with Gasteiger partial charge in [0.25, 0.3) is 0 Å². The maximum absolute atomic E-state index is 9.57. The van der Waals surface area contributed by atoms with E-state index in [4.69, 9.17) is 0 Å². The molecular weight excluding hydrogens is 158 g/mol. The molecule has 4 nitrogen and oxygen atoms in total. The quantitative estimate of drug-likeness (QED) is 0.419. The SMILES string of the molecule is O[C@@H]1[C@H](O)[C@@H]2CCCN2C[C@H]1O. The predicted molar refractivity (Wildman–Crippen MR) is 42.6 cm³/mol. The second kappa shape index (κ2) is 2.96. The van der Waals surface area contributed by atoms with E-state index in [-0.39, 0.29) is 6.04 Å². The number of aliphatic hydroxyl groups excluding tert-OH is 3. The van der Waals surface area contributed by atoms with E-state index in [1.165, 1.54) is 0 Å². The fraction of sp³-hybridized carbons (Fsp3) is 1.00. The highest BCUT2D eigenvalue weighted by Crippen LogP contribution is 2.27. The first kappa shape index (κ1) is 8.44. The summed E-state index contributed by atoms with van der Waals surface area (Å²) < 4.78 is 0. The highest BCUT2D eigenvalue weighted by molar-refractivity contribution is 4.97. The van der Waals surface area contributed by atoms with Gasteiger partial charge >= 0.3 is 0 Å². The number of piperidine rings is 1. The fourth-order valence-electron chi connectivity index (χ4n) is 2.27. The van der Waals surface area contributed by atoms with Crippen molar-refractivity contribution in [2.45, 2.75) is 37.2 Å². The van der Waals surface area contributed by atoms with Gasteiger partial charge in [-0.05, 0) is 19.4 Å². The predicted octanol–water partition coefficient (Wildman–Crippen LogP) is -1.45. The molecule has 0 bridgehead atoms. The van der Waals surface area contributed by atoms with Gasteiger partial charge in [-0.25, -0.2) is 0 Å². The van der Waals surface area contributed by atoms with Crippen LogP contribution in [0.1, 0.15) is 12.8 Å². The number of hydrogen-bond acceptors (Lipinski definition) is 4. The summed E-state index contributed by atoms with van der Waals surface area (Å²) in [4.78, 5) is 2.06. The molecule has 0 aliphatic carbocycles. The van der Waals surface area contributed by atoms with Gasteiger partial charge in [-0.1, -0.05) is 0 Å². The first-order valence-corrected chi connectivity index (χ1v) is 4.48. The van der Waals surface area contributed by atoms with Crippen LogP contribution in [0.15, 0.2) is 0 Å². The minimum Gasteiger partial charge on any atom is -0.389 e. The van der Waals surface area contributed by atoms with E-state index in [1.807, 2.05) is 0 Å². The van der Waals surface area contributed by atoms with Gasteiger partial charge in [0.05, 0.1) is 12.2 Å². The highest BCUT2D eigenvalue weighted by atomic mass is 16.4. The first-order chi connectivity index (χ1) is 5.70. The molecule has 0 saturated carbocycles.